The van der Waals surface area contributed by atoms with Crippen LogP contribution < -0.4 is 10.2 Å². The van der Waals surface area contributed by atoms with Crippen LogP contribution in [0.5, 0.6) is 5.75 Å². The van der Waals surface area contributed by atoms with Gasteiger partial charge in [0.25, 0.3) is 0 Å². The van der Waals surface area contributed by atoms with Gasteiger partial charge in [0.2, 0.25) is 0 Å². The van der Waals surface area contributed by atoms with Gasteiger partial charge in [0.1, 0.15) is 6.61 Å². The first-order valence-corrected chi connectivity index (χ1v) is 8.97. The van der Waals surface area contributed by atoms with E-state index in [2.05, 4.69) is 0 Å². The summed E-state index contributed by atoms with van der Waals surface area (Å²) in [6.45, 7) is 8.47. The van der Waals surface area contributed by atoms with Gasteiger partial charge in [0.05, 0.1) is 21.2 Å². The quantitative estimate of drug-likeness (QED) is 0.710. The third-order valence-corrected chi connectivity index (χ3v) is 5.45. The molecule has 1 fully saturated rings. The van der Waals surface area contributed by atoms with Gasteiger partial charge in [0, 0.05) is 0 Å². The van der Waals surface area contributed by atoms with Crippen molar-refractivity contribution in [1.29, 1.82) is 0 Å². The monoisotopic (exact) mass is 378 g/mol. The molecule has 1 heterocycles. The minimum Gasteiger partial charge on any atom is -0.486 e. The Morgan fingerprint density at radius 3 is 2.04 bits per heavy atom. The normalized spacial score (nSPS) is 18.4. The third-order valence-electron chi connectivity index (χ3n) is 4.85. The van der Waals surface area contributed by atoms with Crippen LogP contribution in [-0.2, 0) is 15.9 Å². The fourth-order valence-corrected chi connectivity index (χ4v) is 3.14. The van der Waals surface area contributed by atoms with Crippen molar-refractivity contribution in [2.45, 2.75) is 45.5 Å². The van der Waals surface area contributed by atoms with Crippen molar-refractivity contribution in [2.75, 3.05) is 0 Å². The lowest BCUT2D eigenvalue weighted by atomic mass is 9.76. The highest BCUT2D eigenvalue weighted by Crippen LogP contribution is 2.37. The molecule has 2 aromatic carbocycles. The summed E-state index contributed by atoms with van der Waals surface area (Å²) in [5.41, 5.74) is 1.14. The highest BCUT2D eigenvalue weighted by atomic mass is 35.5. The fourth-order valence-electron chi connectivity index (χ4n) is 2.64. The van der Waals surface area contributed by atoms with Gasteiger partial charge in [0.15, 0.2) is 5.75 Å². The van der Waals surface area contributed by atoms with Gasteiger partial charge in [-0.1, -0.05) is 53.5 Å². The van der Waals surface area contributed by atoms with E-state index >= 15 is 0 Å². The van der Waals surface area contributed by atoms with Gasteiger partial charge in [-0.25, -0.2) is 0 Å². The second-order valence-corrected chi connectivity index (χ2v) is 7.94. The highest BCUT2D eigenvalue weighted by molar-refractivity contribution is 6.62. The summed E-state index contributed by atoms with van der Waals surface area (Å²) < 4.78 is 18.2. The Hall–Kier alpha value is -1.20. The molecule has 1 aliphatic rings. The van der Waals surface area contributed by atoms with Gasteiger partial charge >= 0.3 is 7.12 Å². The van der Waals surface area contributed by atoms with E-state index < -0.39 is 18.3 Å². The molecule has 0 bridgehead atoms. The van der Waals surface area contributed by atoms with Crippen molar-refractivity contribution in [3.63, 3.8) is 0 Å². The molecule has 25 heavy (non-hydrogen) atoms. The number of benzene rings is 2. The Labute approximate surface area is 159 Å². The van der Waals surface area contributed by atoms with Crippen molar-refractivity contribution < 1.29 is 14.0 Å². The topological polar surface area (TPSA) is 27.7 Å². The van der Waals surface area contributed by atoms with Crippen LogP contribution in [0, 0.1) is 0 Å². The van der Waals surface area contributed by atoms with Crippen LogP contribution in [0.25, 0.3) is 0 Å². The van der Waals surface area contributed by atoms with Crippen LogP contribution in [0.3, 0.4) is 0 Å². The van der Waals surface area contributed by atoms with Crippen LogP contribution in [0.4, 0.5) is 0 Å². The minimum absolute atomic E-state index is 0.323. The highest BCUT2D eigenvalue weighted by Gasteiger charge is 2.52. The molecule has 1 aliphatic heterocycles. The molecule has 0 atom stereocenters. The molecule has 0 aliphatic carbocycles. The molecular formula is C19H21BCl2O3. The first-order chi connectivity index (χ1) is 11.7. The number of hydrogen-bond donors (Lipinski definition) is 0. The van der Waals surface area contributed by atoms with Crippen LogP contribution in [0.2, 0.25) is 10.0 Å². The van der Waals surface area contributed by atoms with Gasteiger partial charge in [-0.3, -0.25) is 0 Å². The lowest BCUT2D eigenvalue weighted by Crippen LogP contribution is -2.41. The van der Waals surface area contributed by atoms with Crippen LogP contribution in [-0.4, -0.2) is 18.3 Å². The number of halogens is 2. The molecule has 2 aromatic rings. The zero-order chi connectivity index (χ0) is 18.2. The average Bonchev–Trinajstić information content (AvgIpc) is 2.75. The smallest absolute Gasteiger partial charge is 0.486 e. The maximum absolute atomic E-state index is 6.18. The summed E-state index contributed by atoms with van der Waals surface area (Å²) in [6.07, 6.45) is 0. The molecule has 3 rings (SSSR count). The zero-order valence-electron chi connectivity index (χ0n) is 14.8. The Balaban J connectivity index is 1.83. The summed E-state index contributed by atoms with van der Waals surface area (Å²) in [7, 11) is -0.438. The molecule has 0 unspecified atom stereocenters. The molecule has 0 saturated carbocycles. The molecule has 1 saturated heterocycles. The molecular weight excluding hydrogens is 358 g/mol. The second kappa shape index (κ2) is 6.84. The summed E-state index contributed by atoms with van der Waals surface area (Å²) >= 11 is 12.4. The standard InChI is InChI=1S/C19H21BCl2O3/c1-18(2)19(3,4)25-20(24-18)14-9-6-5-8-13(14)12-23-17-15(21)10-7-11-16(17)22/h5-11H,12H2,1-4H3. The van der Waals surface area contributed by atoms with E-state index in [0.717, 1.165) is 11.0 Å². The Kier molecular flexibility index (Phi) is 5.09. The van der Waals surface area contributed by atoms with E-state index in [9.17, 15) is 0 Å². The van der Waals surface area contributed by atoms with Crippen molar-refractivity contribution in [2.24, 2.45) is 0 Å². The fraction of sp³-hybridized carbons (Fsp3) is 0.368. The van der Waals surface area contributed by atoms with Crippen LogP contribution >= 0.6 is 23.2 Å². The zero-order valence-corrected chi connectivity index (χ0v) is 16.3. The molecule has 0 N–H and O–H groups in total. The van der Waals surface area contributed by atoms with Gasteiger partial charge < -0.3 is 14.0 Å². The van der Waals surface area contributed by atoms with Crippen molar-refractivity contribution in [1.82, 2.24) is 0 Å². The SMILES string of the molecule is CC1(C)OB(c2ccccc2COc2c(Cl)cccc2Cl)OC1(C)C. The predicted octanol–water partition coefficient (Wildman–Crippen LogP) is 4.87. The van der Waals surface area contributed by atoms with E-state index in [0.29, 0.717) is 22.4 Å². The van der Waals surface area contributed by atoms with E-state index in [-0.39, 0.29) is 0 Å². The Morgan fingerprint density at radius 1 is 0.880 bits per heavy atom. The number of para-hydroxylation sites is 1. The molecule has 0 aromatic heterocycles. The first-order valence-electron chi connectivity index (χ1n) is 8.21. The molecule has 0 radical (unpaired) electrons. The predicted molar refractivity (Wildman–Crippen MR) is 103 cm³/mol. The van der Waals surface area contributed by atoms with Crippen LogP contribution in [0.15, 0.2) is 42.5 Å². The number of hydrogen-bond acceptors (Lipinski definition) is 3. The van der Waals surface area contributed by atoms with Gasteiger partial charge in [-0.05, 0) is 50.9 Å². The lowest BCUT2D eigenvalue weighted by Gasteiger charge is -2.32. The van der Waals surface area contributed by atoms with Crippen molar-refractivity contribution in [3.8, 4) is 5.75 Å². The van der Waals surface area contributed by atoms with Crippen molar-refractivity contribution >= 4 is 35.8 Å². The molecule has 3 nitrogen and oxygen atoms in total. The molecule has 0 spiro atoms. The summed E-state index contributed by atoms with van der Waals surface area (Å²) in [5, 5.41) is 0.973. The van der Waals surface area contributed by atoms with E-state index in [1.54, 1.807) is 18.2 Å². The maximum atomic E-state index is 6.18. The number of rotatable bonds is 4. The molecule has 0 amide bonds. The molecule has 6 heteroatoms. The second-order valence-electron chi connectivity index (χ2n) is 7.13. The van der Waals surface area contributed by atoms with Crippen LogP contribution in [0.1, 0.15) is 33.3 Å². The Morgan fingerprint density at radius 2 is 1.44 bits per heavy atom. The number of ether oxygens (including phenoxy) is 1. The summed E-state index contributed by atoms with van der Waals surface area (Å²) in [6, 6.07) is 13.2. The van der Waals surface area contributed by atoms with Crippen molar-refractivity contribution in [3.05, 3.63) is 58.1 Å². The summed E-state index contributed by atoms with van der Waals surface area (Å²) in [5.74, 6) is 0.481. The third kappa shape index (κ3) is 3.68. The average molecular weight is 379 g/mol. The largest absolute Gasteiger partial charge is 0.495 e. The maximum Gasteiger partial charge on any atom is 0.495 e. The minimum atomic E-state index is -0.438. The van der Waals surface area contributed by atoms with Gasteiger partial charge in [-0.15, -0.1) is 0 Å². The van der Waals surface area contributed by atoms with E-state index in [4.69, 9.17) is 37.2 Å². The van der Waals surface area contributed by atoms with E-state index in [1.165, 1.54) is 0 Å². The molecule has 132 valence electrons. The van der Waals surface area contributed by atoms with E-state index in [1.807, 2.05) is 52.0 Å². The summed E-state index contributed by atoms with van der Waals surface area (Å²) in [4.78, 5) is 0. The van der Waals surface area contributed by atoms with Gasteiger partial charge in [-0.2, -0.15) is 0 Å². The Bertz CT molecular complexity index is 741. The first kappa shape index (κ1) is 18.6. The lowest BCUT2D eigenvalue weighted by molar-refractivity contribution is 0.00578.